The number of nitrogens with one attached hydrogen (secondary N) is 1. The normalized spacial score (nSPS) is 10.2. The minimum absolute atomic E-state index is 0.227. The predicted octanol–water partition coefficient (Wildman–Crippen LogP) is 1.36. The van der Waals surface area contributed by atoms with Crippen LogP contribution in [0.15, 0.2) is 4.52 Å². The Morgan fingerprint density at radius 1 is 1.39 bits per heavy atom. The lowest BCUT2D eigenvalue weighted by Crippen LogP contribution is -2.26. The molecule has 1 rings (SSSR count). The topological polar surface area (TPSA) is 81.4 Å². The fourth-order valence-corrected chi connectivity index (χ4v) is 1.56. The summed E-state index contributed by atoms with van der Waals surface area (Å²) < 4.78 is 9.69. The molecular weight excluding hydrogens is 236 g/mol. The molecule has 0 fully saturated rings. The van der Waals surface area contributed by atoms with E-state index in [1.54, 1.807) is 20.8 Å². The van der Waals surface area contributed by atoms with E-state index in [9.17, 15) is 9.59 Å². The molecule has 1 aromatic heterocycles. The largest absolute Gasteiger partial charge is 0.466 e. The highest BCUT2D eigenvalue weighted by Crippen LogP contribution is 2.11. The van der Waals surface area contributed by atoms with E-state index in [2.05, 4.69) is 10.5 Å². The van der Waals surface area contributed by atoms with Gasteiger partial charge in [0, 0.05) is 13.0 Å². The van der Waals surface area contributed by atoms with Gasteiger partial charge >= 0.3 is 5.97 Å². The van der Waals surface area contributed by atoms with Crippen LogP contribution >= 0.6 is 0 Å². The van der Waals surface area contributed by atoms with Crippen LogP contribution in [0.5, 0.6) is 0 Å². The van der Waals surface area contributed by atoms with E-state index in [1.807, 2.05) is 0 Å². The zero-order valence-corrected chi connectivity index (χ0v) is 10.9. The Kier molecular flexibility index (Phi) is 5.35. The highest BCUT2D eigenvalue weighted by atomic mass is 16.5. The molecule has 1 aromatic rings. The Hall–Kier alpha value is -1.85. The summed E-state index contributed by atoms with van der Waals surface area (Å²) in [7, 11) is 0. The average Bonchev–Trinajstić information content (AvgIpc) is 2.65. The monoisotopic (exact) mass is 254 g/mol. The smallest absolute Gasteiger partial charge is 0.305 e. The number of esters is 1. The molecule has 0 radical (unpaired) electrons. The van der Waals surface area contributed by atoms with Gasteiger partial charge in [-0.1, -0.05) is 5.16 Å². The molecule has 0 aliphatic heterocycles. The lowest BCUT2D eigenvalue weighted by Gasteiger charge is -2.04. The fourth-order valence-electron chi connectivity index (χ4n) is 1.56. The van der Waals surface area contributed by atoms with Gasteiger partial charge in [-0.25, -0.2) is 0 Å². The Morgan fingerprint density at radius 3 is 2.67 bits per heavy atom. The highest BCUT2D eigenvalue weighted by Gasteiger charge is 2.16. The summed E-state index contributed by atoms with van der Waals surface area (Å²) in [6.45, 7) is 5.96. The number of aromatic nitrogens is 1. The number of ether oxygens (including phenoxy) is 1. The lowest BCUT2D eigenvalue weighted by molar-refractivity contribution is -0.143. The molecule has 0 unspecified atom stereocenters. The summed E-state index contributed by atoms with van der Waals surface area (Å²) >= 11 is 0. The van der Waals surface area contributed by atoms with Crippen LogP contribution in [-0.4, -0.2) is 30.2 Å². The first-order valence-corrected chi connectivity index (χ1v) is 5.93. The molecule has 1 amide bonds. The average molecular weight is 254 g/mol. The zero-order chi connectivity index (χ0) is 13.5. The summed E-state index contributed by atoms with van der Waals surface area (Å²) in [5.74, 6) is 0.0228. The van der Waals surface area contributed by atoms with Crippen LogP contribution in [0.2, 0.25) is 0 Å². The maximum Gasteiger partial charge on any atom is 0.305 e. The minimum atomic E-state index is -0.246. The molecule has 6 heteroatoms. The van der Waals surface area contributed by atoms with Crippen LogP contribution in [0.1, 0.15) is 41.6 Å². The second kappa shape index (κ2) is 6.78. The first kappa shape index (κ1) is 14.2. The van der Waals surface area contributed by atoms with Crippen LogP contribution in [0.4, 0.5) is 0 Å². The molecule has 1 heterocycles. The predicted molar refractivity (Wildman–Crippen MR) is 64.2 cm³/mol. The summed E-state index contributed by atoms with van der Waals surface area (Å²) in [6.07, 6.45) is 0.851. The minimum Gasteiger partial charge on any atom is -0.466 e. The number of rotatable bonds is 6. The summed E-state index contributed by atoms with van der Waals surface area (Å²) in [4.78, 5) is 22.9. The van der Waals surface area contributed by atoms with E-state index < -0.39 is 0 Å². The van der Waals surface area contributed by atoms with E-state index in [-0.39, 0.29) is 11.9 Å². The van der Waals surface area contributed by atoms with Crippen molar-refractivity contribution in [2.45, 2.75) is 33.6 Å². The first-order chi connectivity index (χ1) is 8.56. The molecule has 0 aromatic carbocycles. The van der Waals surface area contributed by atoms with Crippen molar-refractivity contribution in [3.05, 3.63) is 17.0 Å². The van der Waals surface area contributed by atoms with Crippen LogP contribution in [0, 0.1) is 13.8 Å². The standard InChI is InChI=1S/C12H18N2O4/c1-4-17-10(15)6-5-7-13-12(16)11-8(2)14-18-9(11)3/h4-7H2,1-3H3,(H,13,16). The van der Waals surface area contributed by atoms with Crippen molar-refractivity contribution in [3.8, 4) is 0 Å². The molecule has 1 N–H and O–H groups in total. The Bertz CT molecular complexity index is 406. The number of hydrogen-bond acceptors (Lipinski definition) is 5. The Morgan fingerprint density at radius 2 is 2.11 bits per heavy atom. The van der Waals surface area contributed by atoms with Gasteiger partial charge in [0.05, 0.1) is 12.3 Å². The molecule has 0 saturated carbocycles. The molecule has 100 valence electrons. The number of aryl methyl sites for hydroxylation is 2. The van der Waals surface area contributed by atoms with Crippen molar-refractivity contribution in [2.75, 3.05) is 13.2 Å². The van der Waals surface area contributed by atoms with Gasteiger partial charge in [0.1, 0.15) is 11.3 Å². The van der Waals surface area contributed by atoms with E-state index in [1.165, 1.54) is 0 Å². The van der Waals surface area contributed by atoms with Crippen LogP contribution in [0.25, 0.3) is 0 Å². The van der Waals surface area contributed by atoms with Gasteiger partial charge in [0.25, 0.3) is 5.91 Å². The van der Waals surface area contributed by atoms with Crippen molar-refractivity contribution in [2.24, 2.45) is 0 Å². The molecule has 6 nitrogen and oxygen atoms in total. The molecule has 0 atom stereocenters. The third-order valence-corrected chi connectivity index (χ3v) is 2.41. The fraction of sp³-hybridized carbons (Fsp3) is 0.583. The second-order valence-electron chi connectivity index (χ2n) is 3.86. The van der Waals surface area contributed by atoms with Gasteiger partial charge in [-0.2, -0.15) is 0 Å². The zero-order valence-electron chi connectivity index (χ0n) is 10.9. The lowest BCUT2D eigenvalue weighted by atomic mass is 10.2. The summed E-state index contributed by atoms with van der Waals surface area (Å²) in [6, 6.07) is 0. The summed E-state index contributed by atoms with van der Waals surface area (Å²) in [5.41, 5.74) is 1.03. The molecule has 18 heavy (non-hydrogen) atoms. The number of nitrogens with zero attached hydrogens (tertiary/aromatic N) is 1. The third-order valence-electron chi connectivity index (χ3n) is 2.41. The van der Waals surface area contributed by atoms with Gasteiger partial charge in [0.2, 0.25) is 0 Å². The van der Waals surface area contributed by atoms with Crippen LogP contribution in [0.3, 0.4) is 0 Å². The van der Waals surface area contributed by atoms with Crippen molar-refractivity contribution in [3.63, 3.8) is 0 Å². The molecular formula is C12H18N2O4. The van der Waals surface area contributed by atoms with Crippen molar-refractivity contribution < 1.29 is 18.8 Å². The second-order valence-corrected chi connectivity index (χ2v) is 3.86. The van der Waals surface area contributed by atoms with Crippen molar-refractivity contribution in [1.29, 1.82) is 0 Å². The maximum atomic E-state index is 11.8. The Labute approximate surface area is 106 Å². The van der Waals surface area contributed by atoms with Gasteiger partial charge in [-0.3, -0.25) is 9.59 Å². The number of carbonyl (C=O) groups excluding carboxylic acids is 2. The molecule has 0 aliphatic carbocycles. The van der Waals surface area contributed by atoms with E-state index >= 15 is 0 Å². The molecule has 0 aliphatic rings. The number of carbonyl (C=O) groups is 2. The Balaban J connectivity index is 2.32. The molecule has 0 spiro atoms. The first-order valence-electron chi connectivity index (χ1n) is 5.93. The third kappa shape index (κ3) is 3.87. The van der Waals surface area contributed by atoms with Crippen molar-refractivity contribution in [1.82, 2.24) is 10.5 Å². The van der Waals surface area contributed by atoms with E-state index in [0.29, 0.717) is 43.0 Å². The summed E-state index contributed by atoms with van der Waals surface area (Å²) in [5, 5.41) is 6.43. The van der Waals surface area contributed by atoms with E-state index in [0.717, 1.165) is 0 Å². The highest BCUT2D eigenvalue weighted by molar-refractivity contribution is 5.96. The number of hydrogen-bond donors (Lipinski definition) is 1. The molecule has 0 bridgehead atoms. The van der Waals surface area contributed by atoms with E-state index in [4.69, 9.17) is 9.26 Å². The SMILES string of the molecule is CCOC(=O)CCCNC(=O)c1c(C)noc1C. The molecule has 0 saturated heterocycles. The van der Waals surface area contributed by atoms with Crippen LogP contribution in [-0.2, 0) is 9.53 Å². The van der Waals surface area contributed by atoms with Crippen molar-refractivity contribution >= 4 is 11.9 Å². The van der Waals surface area contributed by atoms with Crippen LogP contribution < -0.4 is 5.32 Å². The van der Waals surface area contributed by atoms with Gasteiger partial charge < -0.3 is 14.6 Å². The van der Waals surface area contributed by atoms with Gasteiger partial charge in [-0.05, 0) is 27.2 Å². The number of amides is 1. The quantitative estimate of drug-likeness (QED) is 0.612. The van der Waals surface area contributed by atoms with Gasteiger partial charge in [-0.15, -0.1) is 0 Å². The maximum absolute atomic E-state index is 11.8. The van der Waals surface area contributed by atoms with Gasteiger partial charge in [0.15, 0.2) is 0 Å².